The van der Waals surface area contributed by atoms with Gasteiger partial charge in [0.05, 0.1) is 32.2 Å². The standard InChI is InChI=1S/C37H44FN5O5/c1-24-14-16-28(26(3)25(24)2)30-23-34(48-37(44)42(4)31-12-10-13-33(45-5)35(31)46-6)41-36(40-30)39-27-15-17-32(29(38)22-27)47-21-11-20-43-18-8-7-9-19-43/h10,12-17,22-23H,7-9,11,18-21H2,1-6H3,(H,39,40,41). The summed E-state index contributed by atoms with van der Waals surface area (Å²) in [6.07, 6.45) is 3.89. The van der Waals surface area contributed by atoms with E-state index in [9.17, 15) is 4.79 Å². The van der Waals surface area contributed by atoms with Gasteiger partial charge in [-0.1, -0.05) is 24.6 Å². The van der Waals surface area contributed by atoms with Crippen LogP contribution < -0.4 is 29.2 Å². The number of methoxy groups -OCH3 is 2. The Morgan fingerprint density at radius 2 is 1.73 bits per heavy atom. The quantitative estimate of drug-likeness (QED) is 0.153. The van der Waals surface area contributed by atoms with E-state index in [1.54, 1.807) is 43.4 Å². The Morgan fingerprint density at radius 1 is 0.938 bits per heavy atom. The number of para-hydroxylation sites is 1. The van der Waals surface area contributed by atoms with E-state index in [4.69, 9.17) is 23.9 Å². The molecule has 3 aromatic carbocycles. The van der Waals surface area contributed by atoms with Crippen molar-refractivity contribution in [3.05, 3.63) is 77.1 Å². The van der Waals surface area contributed by atoms with E-state index in [0.29, 0.717) is 35.2 Å². The van der Waals surface area contributed by atoms with Crippen LogP contribution in [0.1, 0.15) is 42.4 Å². The number of anilines is 3. The van der Waals surface area contributed by atoms with Crippen molar-refractivity contribution in [1.82, 2.24) is 14.9 Å². The number of likely N-dealkylation sites (tertiary alicyclic amines) is 1. The third-order valence-electron chi connectivity index (χ3n) is 8.76. The molecule has 1 amide bonds. The number of aryl methyl sites for hydroxylation is 1. The second kappa shape index (κ2) is 15.8. The molecule has 1 N–H and O–H groups in total. The molecule has 2 heterocycles. The van der Waals surface area contributed by atoms with Crippen molar-refractivity contribution in [3.8, 4) is 34.4 Å². The molecule has 254 valence electrons. The molecule has 4 aromatic rings. The molecule has 0 aliphatic carbocycles. The Hall–Kier alpha value is -4.90. The SMILES string of the molecule is COc1cccc(N(C)C(=O)Oc2cc(-c3ccc(C)c(C)c3C)nc(Nc3ccc(OCCCN4CCCCC4)c(F)c3)n2)c1OC. The van der Waals surface area contributed by atoms with Gasteiger partial charge in [0.25, 0.3) is 0 Å². The first kappa shape index (κ1) is 34.4. The van der Waals surface area contributed by atoms with Crippen LogP contribution in [0.5, 0.6) is 23.1 Å². The fraction of sp³-hybridized carbons (Fsp3) is 0.378. The number of nitrogens with zero attached hydrogens (tertiary/aromatic N) is 4. The van der Waals surface area contributed by atoms with Gasteiger partial charge in [-0.05, 0) is 94.1 Å². The van der Waals surface area contributed by atoms with Crippen LogP contribution in [0.4, 0.5) is 26.5 Å². The van der Waals surface area contributed by atoms with Gasteiger partial charge < -0.3 is 29.2 Å². The summed E-state index contributed by atoms with van der Waals surface area (Å²) in [5, 5.41) is 3.08. The van der Waals surface area contributed by atoms with E-state index in [0.717, 1.165) is 48.3 Å². The molecule has 1 saturated heterocycles. The third kappa shape index (κ3) is 8.14. The zero-order chi connectivity index (χ0) is 34.2. The zero-order valence-corrected chi connectivity index (χ0v) is 28.6. The van der Waals surface area contributed by atoms with Gasteiger partial charge in [0.15, 0.2) is 23.1 Å². The summed E-state index contributed by atoms with van der Waals surface area (Å²) >= 11 is 0. The molecule has 1 aliphatic heterocycles. The van der Waals surface area contributed by atoms with Crippen molar-refractivity contribution >= 4 is 23.4 Å². The molecule has 0 spiro atoms. The zero-order valence-electron chi connectivity index (χ0n) is 28.6. The number of piperidine rings is 1. The number of hydrogen-bond donors (Lipinski definition) is 1. The van der Waals surface area contributed by atoms with Gasteiger partial charge in [-0.15, -0.1) is 0 Å². The number of nitrogens with one attached hydrogen (secondary N) is 1. The van der Waals surface area contributed by atoms with Gasteiger partial charge in [-0.25, -0.2) is 14.2 Å². The van der Waals surface area contributed by atoms with Crippen molar-refractivity contribution in [1.29, 1.82) is 0 Å². The molecular formula is C37H44FN5O5. The lowest BCUT2D eigenvalue weighted by molar-refractivity contribution is 0.203. The highest BCUT2D eigenvalue weighted by molar-refractivity contribution is 5.91. The monoisotopic (exact) mass is 657 g/mol. The van der Waals surface area contributed by atoms with Gasteiger partial charge in [-0.3, -0.25) is 4.90 Å². The van der Waals surface area contributed by atoms with Gasteiger partial charge in [0, 0.05) is 37.0 Å². The molecule has 0 saturated carbocycles. The lowest BCUT2D eigenvalue weighted by Gasteiger charge is -2.26. The number of carbonyl (C=O) groups is 1. The molecular weight excluding hydrogens is 613 g/mol. The minimum absolute atomic E-state index is 0.00738. The lowest BCUT2D eigenvalue weighted by atomic mass is 9.97. The number of carbonyl (C=O) groups excluding carboxylic acids is 1. The average Bonchev–Trinajstić information content (AvgIpc) is 3.09. The average molecular weight is 658 g/mol. The normalized spacial score (nSPS) is 13.1. The molecule has 0 bridgehead atoms. The minimum Gasteiger partial charge on any atom is -0.493 e. The Bertz CT molecular complexity index is 1740. The molecule has 0 unspecified atom stereocenters. The van der Waals surface area contributed by atoms with Crippen LogP contribution in [-0.4, -0.2) is 68.5 Å². The van der Waals surface area contributed by atoms with Crippen molar-refractivity contribution in [2.24, 2.45) is 0 Å². The summed E-state index contributed by atoms with van der Waals surface area (Å²) in [5.74, 6) is 0.672. The van der Waals surface area contributed by atoms with Crippen molar-refractivity contribution < 1.29 is 28.1 Å². The number of ether oxygens (including phenoxy) is 4. The van der Waals surface area contributed by atoms with Crippen LogP contribution in [0, 0.1) is 26.6 Å². The number of hydrogen-bond acceptors (Lipinski definition) is 9. The number of benzene rings is 3. The summed E-state index contributed by atoms with van der Waals surface area (Å²) < 4.78 is 37.5. The molecule has 5 rings (SSSR count). The first-order chi connectivity index (χ1) is 23.2. The molecule has 1 aliphatic rings. The van der Waals surface area contributed by atoms with E-state index < -0.39 is 11.9 Å². The van der Waals surface area contributed by atoms with Gasteiger partial charge in [-0.2, -0.15) is 4.98 Å². The van der Waals surface area contributed by atoms with E-state index in [-0.39, 0.29) is 17.6 Å². The maximum Gasteiger partial charge on any atom is 0.420 e. The molecule has 0 atom stereocenters. The fourth-order valence-electron chi connectivity index (χ4n) is 5.77. The Morgan fingerprint density at radius 3 is 2.46 bits per heavy atom. The van der Waals surface area contributed by atoms with Gasteiger partial charge >= 0.3 is 6.09 Å². The highest BCUT2D eigenvalue weighted by Gasteiger charge is 2.22. The highest BCUT2D eigenvalue weighted by atomic mass is 19.1. The van der Waals surface area contributed by atoms with E-state index >= 15 is 4.39 Å². The maximum absolute atomic E-state index is 15.1. The molecule has 1 fully saturated rings. The molecule has 10 nitrogen and oxygen atoms in total. The summed E-state index contributed by atoms with van der Waals surface area (Å²) in [5.41, 5.74) is 5.55. The second-order valence-electron chi connectivity index (χ2n) is 11.9. The Labute approximate surface area is 281 Å². The first-order valence-electron chi connectivity index (χ1n) is 16.2. The van der Waals surface area contributed by atoms with Gasteiger partial charge in [0.1, 0.15) is 0 Å². The summed E-state index contributed by atoms with van der Waals surface area (Å²) in [6.45, 7) is 9.74. The predicted molar refractivity (Wildman–Crippen MR) is 186 cm³/mol. The Kier molecular flexibility index (Phi) is 11.3. The molecule has 48 heavy (non-hydrogen) atoms. The minimum atomic E-state index is -0.707. The summed E-state index contributed by atoms with van der Waals surface area (Å²) in [4.78, 5) is 26.3. The van der Waals surface area contributed by atoms with E-state index in [1.165, 1.54) is 44.4 Å². The number of rotatable bonds is 12. The number of halogens is 1. The molecule has 0 radical (unpaired) electrons. The van der Waals surface area contributed by atoms with Crippen molar-refractivity contribution in [2.75, 3.05) is 57.7 Å². The largest absolute Gasteiger partial charge is 0.493 e. The lowest BCUT2D eigenvalue weighted by Crippen LogP contribution is -2.31. The third-order valence-corrected chi connectivity index (χ3v) is 8.76. The maximum atomic E-state index is 15.1. The molecule has 11 heteroatoms. The Balaban J connectivity index is 1.37. The fourth-order valence-corrected chi connectivity index (χ4v) is 5.77. The van der Waals surface area contributed by atoms with Crippen molar-refractivity contribution in [2.45, 2.75) is 46.5 Å². The van der Waals surface area contributed by atoms with E-state index in [2.05, 4.69) is 15.2 Å². The predicted octanol–water partition coefficient (Wildman–Crippen LogP) is 7.86. The van der Waals surface area contributed by atoms with Crippen LogP contribution >= 0.6 is 0 Å². The molecule has 1 aromatic heterocycles. The topological polar surface area (TPSA) is 98.3 Å². The van der Waals surface area contributed by atoms with Crippen molar-refractivity contribution in [3.63, 3.8) is 0 Å². The van der Waals surface area contributed by atoms with Crippen LogP contribution in [0.3, 0.4) is 0 Å². The number of aromatic nitrogens is 2. The van der Waals surface area contributed by atoms with Gasteiger partial charge in [0.2, 0.25) is 11.8 Å². The van der Waals surface area contributed by atoms with Crippen LogP contribution in [0.25, 0.3) is 11.3 Å². The van der Waals surface area contributed by atoms with E-state index in [1.807, 2.05) is 32.9 Å². The second-order valence-corrected chi connectivity index (χ2v) is 11.9. The van der Waals surface area contributed by atoms with Crippen LogP contribution in [-0.2, 0) is 0 Å². The summed E-state index contributed by atoms with van der Waals surface area (Å²) in [7, 11) is 4.59. The van der Waals surface area contributed by atoms with Crippen LogP contribution in [0.2, 0.25) is 0 Å². The van der Waals surface area contributed by atoms with Crippen LogP contribution in [0.15, 0.2) is 54.6 Å². The number of amides is 1. The summed E-state index contributed by atoms with van der Waals surface area (Å²) in [6, 6.07) is 15.4. The highest BCUT2D eigenvalue weighted by Crippen LogP contribution is 2.37. The first-order valence-corrected chi connectivity index (χ1v) is 16.2. The smallest absolute Gasteiger partial charge is 0.420 e.